The van der Waals surface area contributed by atoms with Crippen LogP contribution in [0.4, 0.5) is 0 Å². The van der Waals surface area contributed by atoms with Crippen molar-refractivity contribution in [1.29, 1.82) is 5.26 Å². The van der Waals surface area contributed by atoms with E-state index in [1.807, 2.05) is 19.9 Å². The SMILES string of the molecule is CC(C)C(N)CCN(C)S(=O)(=O)c1ccc(C#N)c(Cl)c1.Cl. The van der Waals surface area contributed by atoms with Crippen LogP contribution in [0.3, 0.4) is 0 Å². The van der Waals surface area contributed by atoms with Crippen LogP contribution in [0.15, 0.2) is 23.1 Å². The Labute approximate surface area is 143 Å². The van der Waals surface area contributed by atoms with Crippen molar-refractivity contribution in [1.82, 2.24) is 4.31 Å². The van der Waals surface area contributed by atoms with Gasteiger partial charge >= 0.3 is 0 Å². The van der Waals surface area contributed by atoms with Crippen LogP contribution in [-0.2, 0) is 10.0 Å². The van der Waals surface area contributed by atoms with E-state index in [4.69, 9.17) is 22.6 Å². The van der Waals surface area contributed by atoms with Crippen molar-refractivity contribution >= 4 is 34.0 Å². The number of nitrogens with zero attached hydrogens (tertiary/aromatic N) is 2. The lowest BCUT2D eigenvalue weighted by Crippen LogP contribution is -2.34. The van der Waals surface area contributed by atoms with Crippen LogP contribution in [0.25, 0.3) is 0 Å². The van der Waals surface area contributed by atoms with Crippen LogP contribution in [0.5, 0.6) is 0 Å². The lowest BCUT2D eigenvalue weighted by Gasteiger charge is -2.21. The summed E-state index contributed by atoms with van der Waals surface area (Å²) in [6, 6.07) is 5.94. The Morgan fingerprint density at radius 1 is 1.41 bits per heavy atom. The number of sulfonamides is 1. The van der Waals surface area contributed by atoms with Crippen LogP contribution < -0.4 is 5.73 Å². The fourth-order valence-corrected chi connectivity index (χ4v) is 3.21. The molecule has 0 radical (unpaired) electrons. The molecule has 0 saturated carbocycles. The van der Waals surface area contributed by atoms with Gasteiger partial charge in [-0.1, -0.05) is 25.4 Å². The highest BCUT2D eigenvalue weighted by molar-refractivity contribution is 7.89. The fraction of sp³-hybridized carbons (Fsp3) is 0.500. The van der Waals surface area contributed by atoms with Gasteiger partial charge in [0.2, 0.25) is 10.0 Å². The third kappa shape index (κ3) is 5.11. The fourth-order valence-electron chi connectivity index (χ4n) is 1.71. The number of nitrogens with two attached hydrogens (primary N) is 1. The van der Waals surface area contributed by atoms with Crippen molar-refractivity contribution in [2.24, 2.45) is 11.7 Å². The molecule has 0 heterocycles. The van der Waals surface area contributed by atoms with Crippen molar-refractivity contribution in [3.05, 3.63) is 28.8 Å². The molecule has 1 atom stereocenters. The molecule has 0 amide bonds. The van der Waals surface area contributed by atoms with Gasteiger partial charge in [0, 0.05) is 19.6 Å². The summed E-state index contributed by atoms with van der Waals surface area (Å²) >= 11 is 5.88. The van der Waals surface area contributed by atoms with Crippen molar-refractivity contribution in [3.63, 3.8) is 0 Å². The maximum absolute atomic E-state index is 12.4. The van der Waals surface area contributed by atoms with Gasteiger partial charge < -0.3 is 5.73 Å². The highest BCUT2D eigenvalue weighted by Gasteiger charge is 2.22. The number of rotatable bonds is 6. The molecule has 0 saturated heterocycles. The molecule has 5 nitrogen and oxygen atoms in total. The van der Waals surface area contributed by atoms with Gasteiger partial charge in [-0.05, 0) is 30.5 Å². The smallest absolute Gasteiger partial charge is 0.242 e. The second-order valence-electron chi connectivity index (χ2n) is 5.28. The summed E-state index contributed by atoms with van der Waals surface area (Å²) in [5.74, 6) is 0.297. The van der Waals surface area contributed by atoms with E-state index in [2.05, 4.69) is 0 Å². The molecule has 1 aromatic rings. The molecule has 0 fully saturated rings. The summed E-state index contributed by atoms with van der Waals surface area (Å²) in [4.78, 5) is 0.0760. The Bertz CT molecular complexity index is 642. The molecule has 1 rings (SSSR count). The van der Waals surface area contributed by atoms with E-state index in [9.17, 15) is 8.42 Å². The van der Waals surface area contributed by atoms with Gasteiger partial charge in [-0.25, -0.2) is 12.7 Å². The molecule has 0 aromatic heterocycles. The topological polar surface area (TPSA) is 87.2 Å². The predicted molar refractivity (Wildman–Crippen MR) is 90.7 cm³/mol. The van der Waals surface area contributed by atoms with E-state index in [1.165, 1.54) is 29.6 Å². The molecule has 0 aliphatic rings. The van der Waals surface area contributed by atoms with Crippen LogP contribution in [-0.4, -0.2) is 32.4 Å². The molecule has 0 bridgehead atoms. The lowest BCUT2D eigenvalue weighted by atomic mass is 10.0. The summed E-state index contributed by atoms with van der Waals surface area (Å²) in [7, 11) is -2.12. The minimum Gasteiger partial charge on any atom is -0.327 e. The van der Waals surface area contributed by atoms with E-state index < -0.39 is 10.0 Å². The monoisotopic (exact) mass is 365 g/mol. The van der Waals surface area contributed by atoms with Gasteiger partial charge in [-0.15, -0.1) is 12.4 Å². The van der Waals surface area contributed by atoms with Crippen molar-refractivity contribution in [2.45, 2.75) is 31.2 Å². The molecule has 8 heteroatoms. The molecular weight excluding hydrogens is 345 g/mol. The lowest BCUT2D eigenvalue weighted by molar-refractivity contribution is 0.397. The molecule has 1 aromatic carbocycles. The first-order valence-electron chi connectivity index (χ1n) is 6.61. The number of hydrogen-bond acceptors (Lipinski definition) is 4. The van der Waals surface area contributed by atoms with Crippen LogP contribution in [0.2, 0.25) is 5.02 Å². The molecule has 0 aliphatic carbocycles. The second-order valence-corrected chi connectivity index (χ2v) is 7.73. The Kier molecular flexibility index (Phi) is 8.37. The number of nitriles is 1. The molecule has 124 valence electrons. The molecule has 0 aliphatic heterocycles. The Hall–Kier alpha value is -0.840. The number of halogens is 2. The summed E-state index contributed by atoms with van der Waals surface area (Å²) in [5.41, 5.74) is 6.18. The second kappa shape index (κ2) is 8.70. The van der Waals surface area contributed by atoms with Gasteiger partial charge in [0.15, 0.2) is 0 Å². The van der Waals surface area contributed by atoms with Gasteiger partial charge in [0.25, 0.3) is 0 Å². The highest BCUT2D eigenvalue weighted by atomic mass is 35.5. The predicted octanol–water partition coefficient (Wildman–Crippen LogP) is 2.63. The van der Waals surface area contributed by atoms with Crippen molar-refractivity contribution in [2.75, 3.05) is 13.6 Å². The minimum atomic E-state index is -3.62. The number of hydrogen-bond donors (Lipinski definition) is 1. The Morgan fingerprint density at radius 3 is 2.45 bits per heavy atom. The summed E-state index contributed by atoms with van der Waals surface area (Å²) in [6.45, 7) is 4.33. The average molecular weight is 366 g/mol. The van der Waals surface area contributed by atoms with E-state index in [1.54, 1.807) is 0 Å². The first kappa shape index (κ1) is 21.2. The van der Waals surface area contributed by atoms with Gasteiger partial charge in [-0.2, -0.15) is 5.26 Å². The van der Waals surface area contributed by atoms with E-state index in [-0.39, 0.29) is 33.9 Å². The Balaban J connectivity index is 0.00000441. The summed E-state index contributed by atoms with van der Waals surface area (Å²) in [6.07, 6.45) is 0.581. The Morgan fingerprint density at radius 2 is 2.00 bits per heavy atom. The van der Waals surface area contributed by atoms with Crippen molar-refractivity contribution < 1.29 is 8.42 Å². The van der Waals surface area contributed by atoms with E-state index in [0.717, 1.165) is 0 Å². The molecule has 1 unspecified atom stereocenters. The first-order valence-corrected chi connectivity index (χ1v) is 8.43. The molecule has 22 heavy (non-hydrogen) atoms. The maximum atomic E-state index is 12.4. The molecular formula is C14H21Cl2N3O2S. The quantitative estimate of drug-likeness (QED) is 0.838. The standard InChI is InChI=1S/C14H20ClN3O2S.ClH/c1-10(2)14(17)6-7-18(3)21(19,20)12-5-4-11(9-16)13(15)8-12;/h4-5,8,10,14H,6-7,17H2,1-3H3;1H. The largest absolute Gasteiger partial charge is 0.327 e. The van der Waals surface area contributed by atoms with Gasteiger partial charge in [-0.3, -0.25) is 0 Å². The molecule has 0 spiro atoms. The van der Waals surface area contributed by atoms with Crippen LogP contribution in [0.1, 0.15) is 25.8 Å². The first-order chi connectivity index (χ1) is 9.70. The van der Waals surface area contributed by atoms with Gasteiger partial charge in [0.05, 0.1) is 15.5 Å². The third-order valence-corrected chi connectivity index (χ3v) is 5.57. The molecule has 2 N–H and O–H groups in total. The van der Waals surface area contributed by atoms with E-state index >= 15 is 0 Å². The summed E-state index contributed by atoms with van der Waals surface area (Å²) in [5, 5.41) is 8.94. The van der Waals surface area contributed by atoms with Crippen LogP contribution in [0, 0.1) is 17.2 Å². The zero-order valence-electron chi connectivity index (χ0n) is 12.8. The third-order valence-electron chi connectivity index (χ3n) is 3.40. The van der Waals surface area contributed by atoms with Gasteiger partial charge in [0.1, 0.15) is 6.07 Å². The van der Waals surface area contributed by atoms with Crippen LogP contribution >= 0.6 is 24.0 Å². The minimum absolute atomic E-state index is 0. The number of benzene rings is 1. The average Bonchev–Trinajstić information content (AvgIpc) is 2.43. The zero-order valence-corrected chi connectivity index (χ0v) is 15.2. The van der Waals surface area contributed by atoms with Crippen molar-refractivity contribution in [3.8, 4) is 6.07 Å². The zero-order chi connectivity index (χ0) is 16.2. The summed E-state index contributed by atoms with van der Waals surface area (Å²) < 4.78 is 26.1. The highest BCUT2D eigenvalue weighted by Crippen LogP contribution is 2.22. The normalized spacial score (nSPS) is 12.8. The maximum Gasteiger partial charge on any atom is 0.242 e. The van der Waals surface area contributed by atoms with E-state index in [0.29, 0.717) is 18.9 Å².